The molecule has 0 aliphatic heterocycles. The summed E-state index contributed by atoms with van der Waals surface area (Å²) in [5.74, 6) is 0.467. The smallest absolute Gasteiger partial charge is 0.274 e. The Hall–Kier alpha value is -3.12. The van der Waals surface area contributed by atoms with Crippen molar-refractivity contribution in [2.45, 2.75) is 0 Å². The van der Waals surface area contributed by atoms with Gasteiger partial charge in [-0.05, 0) is 18.2 Å². The molecule has 0 bridgehead atoms. The SMILES string of the molecule is COc1c(Cl)cc(Cl)cc1/C=c1\sc2nc(-c3ccccc3)c(-c3ccccc3)n2c1=O. The van der Waals surface area contributed by atoms with Crippen molar-refractivity contribution < 1.29 is 4.74 Å². The normalized spacial score (nSPS) is 11.9. The average molecular weight is 479 g/mol. The third kappa shape index (κ3) is 3.58. The van der Waals surface area contributed by atoms with Crippen LogP contribution in [0, 0.1) is 0 Å². The molecule has 32 heavy (non-hydrogen) atoms. The minimum atomic E-state index is -0.156. The molecular weight excluding hydrogens is 463 g/mol. The molecule has 0 N–H and O–H groups in total. The van der Waals surface area contributed by atoms with Crippen LogP contribution >= 0.6 is 34.5 Å². The van der Waals surface area contributed by atoms with Crippen LogP contribution in [-0.4, -0.2) is 16.5 Å². The van der Waals surface area contributed by atoms with Crippen LogP contribution in [0.15, 0.2) is 77.6 Å². The molecule has 0 atom stereocenters. The number of hydrogen-bond acceptors (Lipinski definition) is 4. The second kappa shape index (κ2) is 8.43. The summed E-state index contributed by atoms with van der Waals surface area (Å²) in [6, 6.07) is 23.0. The molecule has 0 unspecified atom stereocenters. The molecule has 3 aromatic carbocycles. The van der Waals surface area contributed by atoms with E-state index in [1.807, 2.05) is 60.7 Å². The Bertz CT molecular complexity index is 1540. The fourth-order valence-corrected chi connectivity index (χ4v) is 5.25. The Morgan fingerprint density at radius 2 is 1.62 bits per heavy atom. The first-order valence-electron chi connectivity index (χ1n) is 9.77. The van der Waals surface area contributed by atoms with Crippen molar-refractivity contribution in [2.24, 2.45) is 0 Å². The van der Waals surface area contributed by atoms with Gasteiger partial charge in [0, 0.05) is 21.7 Å². The zero-order valence-corrected chi connectivity index (χ0v) is 19.2. The fraction of sp³-hybridized carbons (Fsp3) is 0.0400. The second-order valence-electron chi connectivity index (χ2n) is 7.08. The van der Waals surface area contributed by atoms with Gasteiger partial charge in [-0.1, -0.05) is 95.2 Å². The maximum absolute atomic E-state index is 13.5. The van der Waals surface area contributed by atoms with Crippen molar-refractivity contribution in [3.63, 3.8) is 0 Å². The number of nitrogens with zero attached hydrogens (tertiary/aromatic N) is 2. The van der Waals surface area contributed by atoms with Crippen LogP contribution in [0.4, 0.5) is 0 Å². The molecule has 5 rings (SSSR count). The van der Waals surface area contributed by atoms with Gasteiger partial charge in [0.05, 0.1) is 28.1 Å². The number of fused-ring (bicyclic) bond motifs is 1. The van der Waals surface area contributed by atoms with Crippen molar-refractivity contribution in [1.82, 2.24) is 9.38 Å². The highest BCUT2D eigenvalue weighted by atomic mass is 35.5. The van der Waals surface area contributed by atoms with Gasteiger partial charge in [0.2, 0.25) is 0 Å². The van der Waals surface area contributed by atoms with E-state index in [1.54, 1.807) is 22.6 Å². The zero-order valence-electron chi connectivity index (χ0n) is 16.9. The molecule has 0 aliphatic rings. The van der Waals surface area contributed by atoms with Crippen LogP contribution in [0.25, 0.3) is 33.6 Å². The largest absolute Gasteiger partial charge is 0.495 e. The molecule has 0 saturated carbocycles. The van der Waals surface area contributed by atoms with Crippen molar-refractivity contribution >= 4 is 45.6 Å². The first-order chi connectivity index (χ1) is 15.6. The van der Waals surface area contributed by atoms with Crippen molar-refractivity contribution in [2.75, 3.05) is 7.11 Å². The van der Waals surface area contributed by atoms with Crippen molar-refractivity contribution in [3.8, 4) is 28.3 Å². The van der Waals surface area contributed by atoms with E-state index in [0.717, 1.165) is 22.5 Å². The number of halogens is 2. The molecule has 0 radical (unpaired) electrons. The standard InChI is InChI=1S/C25H16Cl2N2O2S/c1-31-23-17(12-18(26)14-19(23)27)13-20-24(30)29-22(16-10-6-3-7-11-16)21(28-25(29)32-20)15-8-4-2-5-9-15/h2-14H,1H3/b20-13-. The van der Waals surface area contributed by atoms with Gasteiger partial charge in [0.1, 0.15) is 5.75 Å². The Morgan fingerprint density at radius 3 is 2.28 bits per heavy atom. The third-order valence-electron chi connectivity index (χ3n) is 5.08. The summed E-state index contributed by atoms with van der Waals surface area (Å²) in [6.45, 7) is 0. The van der Waals surface area contributed by atoms with Crippen LogP contribution in [0.3, 0.4) is 0 Å². The Morgan fingerprint density at radius 1 is 0.969 bits per heavy atom. The summed E-state index contributed by atoms with van der Waals surface area (Å²) in [6.07, 6.45) is 1.75. The third-order valence-corrected chi connectivity index (χ3v) is 6.55. The molecule has 0 fully saturated rings. The number of aromatic nitrogens is 2. The van der Waals surface area contributed by atoms with Crippen LogP contribution < -0.4 is 14.8 Å². The first kappa shape index (κ1) is 20.8. The highest BCUT2D eigenvalue weighted by Gasteiger charge is 2.20. The van der Waals surface area contributed by atoms with Gasteiger partial charge in [-0.15, -0.1) is 0 Å². The zero-order chi connectivity index (χ0) is 22.2. The van der Waals surface area contributed by atoms with Crippen molar-refractivity contribution in [3.05, 3.63) is 103 Å². The molecular formula is C25H16Cl2N2O2S. The molecule has 0 amide bonds. The van der Waals surface area contributed by atoms with E-state index >= 15 is 0 Å². The quantitative estimate of drug-likeness (QED) is 0.320. The Balaban J connectivity index is 1.81. The van der Waals surface area contributed by atoms with E-state index in [1.165, 1.54) is 18.4 Å². The minimum Gasteiger partial charge on any atom is -0.495 e. The molecule has 158 valence electrons. The monoisotopic (exact) mass is 478 g/mol. The molecule has 0 spiro atoms. The number of thiazole rings is 1. The summed E-state index contributed by atoms with van der Waals surface area (Å²) in [7, 11) is 1.53. The van der Waals surface area contributed by atoms with Gasteiger partial charge in [-0.25, -0.2) is 9.38 Å². The highest BCUT2D eigenvalue weighted by molar-refractivity contribution is 7.15. The Kier molecular flexibility index (Phi) is 5.47. The summed E-state index contributed by atoms with van der Waals surface area (Å²) >= 11 is 13.8. The lowest BCUT2D eigenvalue weighted by Crippen LogP contribution is -2.23. The molecule has 4 nitrogen and oxygen atoms in total. The highest BCUT2D eigenvalue weighted by Crippen LogP contribution is 2.34. The lowest BCUT2D eigenvalue weighted by molar-refractivity contribution is 0.414. The number of benzene rings is 3. The van der Waals surface area contributed by atoms with E-state index in [9.17, 15) is 4.79 Å². The number of methoxy groups -OCH3 is 1. The summed E-state index contributed by atoms with van der Waals surface area (Å²) in [4.78, 5) is 19.0. The van der Waals surface area contributed by atoms with Crippen LogP contribution in [0.1, 0.15) is 5.56 Å². The summed E-state index contributed by atoms with van der Waals surface area (Å²) in [5.41, 5.74) is 3.89. The van der Waals surface area contributed by atoms with E-state index < -0.39 is 0 Å². The van der Waals surface area contributed by atoms with Crippen molar-refractivity contribution in [1.29, 1.82) is 0 Å². The van der Waals surface area contributed by atoms with Gasteiger partial charge in [0.25, 0.3) is 5.56 Å². The van der Waals surface area contributed by atoms with E-state index in [0.29, 0.717) is 30.9 Å². The van der Waals surface area contributed by atoms with Gasteiger partial charge in [0.15, 0.2) is 4.96 Å². The topological polar surface area (TPSA) is 43.6 Å². The predicted octanol–water partition coefficient (Wildman–Crippen LogP) is 5.95. The first-order valence-corrected chi connectivity index (χ1v) is 11.3. The second-order valence-corrected chi connectivity index (χ2v) is 8.94. The summed E-state index contributed by atoms with van der Waals surface area (Å²) < 4.78 is 7.62. The lowest BCUT2D eigenvalue weighted by atomic mass is 10.1. The van der Waals surface area contributed by atoms with Crippen LogP contribution in [0.2, 0.25) is 10.0 Å². The predicted molar refractivity (Wildman–Crippen MR) is 132 cm³/mol. The average Bonchev–Trinajstić information content (AvgIpc) is 3.31. The fourth-order valence-electron chi connectivity index (χ4n) is 3.70. The molecule has 2 heterocycles. The number of hydrogen-bond donors (Lipinski definition) is 0. The van der Waals surface area contributed by atoms with E-state index in [-0.39, 0.29) is 5.56 Å². The molecule has 2 aromatic heterocycles. The van der Waals surface area contributed by atoms with E-state index in [2.05, 4.69) is 0 Å². The summed E-state index contributed by atoms with van der Waals surface area (Å²) in [5, 5.41) is 0.851. The Labute approximate surface area is 198 Å². The van der Waals surface area contributed by atoms with Crippen LogP contribution in [0.5, 0.6) is 5.75 Å². The van der Waals surface area contributed by atoms with Gasteiger partial charge >= 0.3 is 0 Å². The lowest BCUT2D eigenvalue weighted by Gasteiger charge is -2.07. The van der Waals surface area contributed by atoms with Gasteiger partial charge in [-0.3, -0.25) is 4.79 Å². The molecule has 7 heteroatoms. The van der Waals surface area contributed by atoms with Gasteiger partial charge < -0.3 is 4.74 Å². The number of imidazole rings is 1. The maximum atomic E-state index is 13.5. The molecule has 0 aliphatic carbocycles. The maximum Gasteiger partial charge on any atom is 0.274 e. The van der Waals surface area contributed by atoms with Crippen LogP contribution in [-0.2, 0) is 0 Å². The minimum absolute atomic E-state index is 0.156. The van der Waals surface area contributed by atoms with Gasteiger partial charge in [-0.2, -0.15) is 0 Å². The number of rotatable bonds is 4. The number of ether oxygens (including phenoxy) is 1. The molecule has 5 aromatic rings. The molecule has 0 saturated heterocycles. The van der Waals surface area contributed by atoms with E-state index in [4.69, 9.17) is 32.9 Å².